The lowest BCUT2D eigenvalue weighted by Crippen LogP contribution is -2.57. The summed E-state index contributed by atoms with van der Waals surface area (Å²) in [5.74, 6) is -0.488. The van der Waals surface area contributed by atoms with E-state index in [1.807, 2.05) is 11.0 Å². The number of amidine groups is 1. The number of aromatic nitrogens is 2. The third kappa shape index (κ3) is 5.42. The molecule has 3 heterocycles. The number of amides is 2. The topological polar surface area (TPSA) is 91.6 Å². The number of thioether (sulfide) groups is 1. The average molecular weight is 563 g/mol. The van der Waals surface area contributed by atoms with Gasteiger partial charge in [-0.3, -0.25) is 14.3 Å². The van der Waals surface area contributed by atoms with E-state index in [0.29, 0.717) is 40.6 Å². The second-order valence-corrected chi connectivity index (χ2v) is 10.2. The zero-order chi connectivity index (χ0) is 27.0. The minimum Gasteiger partial charge on any atom is -0.358 e. The summed E-state index contributed by atoms with van der Waals surface area (Å²) in [4.78, 5) is 31.1. The first kappa shape index (κ1) is 26.3. The maximum Gasteiger partial charge on any atom is 0.416 e. The Morgan fingerprint density at radius 2 is 2.11 bits per heavy atom. The van der Waals surface area contributed by atoms with Crippen LogP contribution in [0.3, 0.4) is 0 Å². The SMILES string of the molecule is CNC(=O)[C@H]1CN(C2=NC(=O)C(=Cc3ccc4c(cnn4Cc4ccc(Cl)cc4C(F)(F)F)c3)S2)CCN1. The van der Waals surface area contributed by atoms with Crippen LogP contribution in [0.1, 0.15) is 16.7 Å². The molecule has 5 rings (SSSR count). The predicted octanol–water partition coefficient (Wildman–Crippen LogP) is 3.75. The van der Waals surface area contributed by atoms with Crippen molar-refractivity contribution in [2.45, 2.75) is 18.8 Å². The van der Waals surface area contributed by atoms with Crippen molar-refractivity contribution < 1.29 is 22.8 Å². The smallest absolute Gasteiger partial charge is 0.358 e. The minimum atomic E-state index is -4.54. The first-order valence-electron chi connectivity index (χ1n) is 11.7. The summed E-state index contributed by atoms with van der Waals surface area (Å²) in [5.41, 5.74) is 0.644. The summed E-state index contributed by atoms with van der Waals surface area (Å²) < 4.78 is 42.0. The van der Waals surface area contributed by atoms with Crippen molar-refractivity contribution in [3.8, 4) is 0 Å². The number of carbonyl (C=O) groups is 2. The van der Waals surface area contributed by atoms with Crippen LogP contribution in [0.25, 0.3) is 17.0 Å². The van der Waals surface area contributed by atoms with E-state index >= 15 is 0 Å². The first-order valence-corrected chi connectivity index (χ1v) is 12.9. The Hall–Kier alpha value is -3.35. The number of likely N-dealkylation sites (N-methyl/N-ethyl adjacent to an activating group) is 1. The van der Waals surface area contributed by atoms with Crippen molar-refractivity contribution in [2.24, 2.45) is 4.99 Å². The van der Waals surface area contributed by atoms with Crippen molar-refractivity contribution >= 4 is 57.3 Å². The normalized spacial score (nSPS) is 19.3. The number of benzene rings is 2. The van der Waals surface area contributed by atoms with Crippen LogP contribution in [-0.4, -0.2) is 64.4 Å². The molecule has 2 N–H and O–H groups in total. The number of nitrogens with one attached hydrogen (secondary N) is 2. The van der Waals surface area contributed by atoms with Gasteiger partial charge in [-0.15, -0.1) is 0 Å². The van der Waals surface area contributed by atoms with Crippen LogP contribution in [0.5, 0.6) is 0 Å². The van der Waals surface area contributed by atoms with E-state index in [1.165, 1.54) is 28.6 Å². The average Bonchev–Trinajstić information content (AvgIpc) is 3.46. The van der Waals surface area contributed by atoms with Crippen LogP contribution >= 0.6 is 23.4 Å². The summed E-state index contributed by atoms with van der Waals surface area (Å²) in [7, 11) is 1.58. The van der Waals surface area contributed by atoms with Gasteiger partial charge in [0, 0.05) is 37.1 Å². The van der Waals surface area contributed by atoms with Gasteiger partial charge in [-0.2, -0.15) is 23.3 Å². The summed E-state index contributed by atoms with van der Waals surface area (Å²) >= 11 is 7.04. The molecule has 1 aromatic heterocycles. The Labute approximate surface area is 224 Å². The molecule has 198 valence electrons. The van der Waals surface area contributed by atoms with Gasteiger partial charge in [0.05, 0.1) is 28.7 Å². The molecule has 0 bridgehead atoms. The fourth-order valence-electron chi connectivity index (χ4n) is 4.39. The lowest BCUT2D eigenvalue weighted by molar-refractivity contribution is -0.138. The molecule has 3 aromatic rings. The van der Waals surface area contributed by atoms with Gasteiger partial charge in [0.1, 0.15) is 6.04 Å². The number of carbonyl (C=O) groups excluding carboxylic acids is 2. The predicted molar refractivity (Wildman–Crippen MR) is 141 cm³/mol. The molecule has 0 aliphatic carbocycles. The van der Waals surface area contributed by atoms with Crippen LogP contribution in [0.15, 0.2) is 52.5 Å². The van der Waals surface area contributed by atoms with Gasteiger partial charge >= 0.3 is 6.18 Å². The lowest BCUT2D eigenvalue weighted by Gasteiger charge is -2.33. The standard InChI is InChI=1S/C25H22ClF3N6O2S/c1-30-22(36)19-13-34(7-6-31-19)24-33-23(37)21(38-24)9-14-2-5-20-16(8-14)11-32-35(20)12-15-3-4-17(26)10-18(15)25(27,28)29/h2-5,8-11,19,31H,6-7,12-13H2,1H3,(H,30,36)/t19-/m1/s1. The zero-order valence-electron chi connectivity index (χ0n) is 20.1. The molecule has 1 saturated heterocycles. The van der Waals surface area contributed by atoms with E-state index < -0.39 is 11.7 Å². The molecule has 38 heavy (non-hydrogen) atoms. The van der Waals surface area contributed by atoms with Gasteiger partial charge in [0.25, 0.3) is 5.91 Å². The van der Waals surface area contributed by atoms with E-state index in [4.69, 9.17) is 11.6 Å². The highest BCUT2D eigenvalue weighted by atomic mass is 35.5. The molecule has 1 fully saturated rings. The summed E-state index contributed by atoms with van der Waals surface area (Å²) in [6.07, 6.45) is -1.24. The molecule has 8 nitrogen and oxygen atoms in total. The molecule has 13 heteroatoms. The fourth-order valence-corrected chi connectivity index (χ4v) is 5.51. The van der Waals surface area contributed by atoms with E-state index in [2.05, 4.69) is 20.7 Å². The van der Waals surface area contributed by atoms with E-state index in [-0.39, 0.29) is 35.0 Å². The number of alkyl halides is 3. The Kier molecular flexibility index (Phi) is 7.21. The van der Waals surface area contributed by atoms with Crippen LogP contribution in [-0.2, 0) is 22.3 Å². The minimum absolute atomic E-state index is 0.0128. The molecule has 1 atom stereocenters. The van der Waals surface area contributed by atoms with Crippen molar-refractivity contribution in [2.75, 3.05) is 26.7 Å². The molecular weight excluding hydrogens is 541 g/mol. The van der Waals surface area contributed by atoms with Gasteiger partial charge in [-0.05, 0) is 53.2 Å². The Balaban J connectivity index is 1.33. The zero-order valence-corrected chi connectivity index (χ0v) is 21.6. The number of nitrogens with zero attached hydrogens (tertiary/aromatic N) is 4. The Morgan fingerprint density at radius 3 is 2.87 bits per heavy atom. The summed E-state index contributed by atoms with van der Waals surface area (Å²) in [5, 5.41) is 11.3. The van der Waals surface area contributed by atoms with Crippen LogP contribution in [0, 0.1) is 0 Å². The van der Waals surface area contributed by atoms with Crippen molar-refractivity contribution in [1.82, 2.24) is 25.3 Å². The second kappa shape index (κ2) is 10.4. The fraction of sp³-hybridized carbons (Fsp3) is 0.280. The third-order valence-corrected chi connectivity index (χ3v) is 7.56. The summed E-state index contributed by atoms with van der Waals surface area (Å²) in [6, 6.07) is 8.65. The number of aliphatic imine (C=N–C) groups is 1. The lowest BCUT2D eigenvalue weighted by atomic mass is 10.1. The van der Waals surface area contributed by atoms with Crippen LogP contribution in [0.2, 0.25) is 5.02 Å². The first-order chi connectivity index (χ1) is 18.1. The molecule has 2 amide bonds. The molecule has 0 spiro atoms. The monoisotopic (exact) mass is 562 g/mol. The van der Waals surface area contributed by atoms with Crippen molar-refractivity contribution in [1.29, 1.82) is 0 Å². The molecule has 2 aliphatic heterocycles. The van der Waals surface area contributed by atoms with Gasteiger partial charge < -0.3 is 15.5 Å². The number of halogens is 4. The van der Waals surface area contributed by atoms with E-state index in [9.17, 15) is 22.8 Å². The quantitative estimate of drug-likeness (QED) is 0.471. The highest BCUT2D eigenvalue weighted by Crippen LogP contribution is 2.35. The number of rotatable bonds is 4. The Morgan fingerprint density at radius 1 is 1.29 bits per heavy atom. The molecular formula is C25H22ClF3N6O2S. The van der Waals surface area contributed by atoms with Gasteiger partial charge in [-0.1, -0.05) is 23.7 Å². The molecule has 0 unspecified atom stereocenters. The van der Waals surface area contributed by atoms with Crippen molar-refractivity contribution in [3.05, 3.63) is 69.2 Å². The number of fused-ring (bicyclic) bond motifs is 1. The number of hydrogen-bond acceptors (Lipinski definition) is 6. The molecule has 0 radical (unpaired) electrons. The largest absolute Gasteiger partial charge is 0.416 e. The molecule has 2 aromatic carbocycles. The summed E-state index contributed by atoms with van der Waals surface area (Å²) in [6.45, 7) is 1.53. The number of piperazine rings is 1. The Bertz CT molecular complexity index is 1490. The van der Waals surface area contributed by atoms with E-state index in [0.717, 1.165) is 11.6 Å². The highest BCUT2D eigenvalue weighted by molar-refractivity contribution is 8.18. The van der Waals surface area contributed by atoms with Gasteiger partial charge in [0.2, 0.25) is 5.91 Å². The van der Waals surface area contributed by atoms with Crippen molar-refractivity contribution in [3.63, 3.8) is 0 Å². The molecule has 2 aliphatic rings. The highest BCUT2D eigenvalue weighted by Gasteiger charge is 2.34. The number of hydrogen-bond donors (Lipinski definition) is 2. The van der Waals surface area contributed by atoms with Gasteiger partial charge in [-0.25, -0.2) is 0 Å². The van der Waals surface area contributed by atoms with Crippen LogP contribution < -0.4 is 10.6 Å². The third-order valence-electron chi connectivity index (χ3n) is 6.28. The van der Waals surface area contributed by atoms with Gasteiger partial charge in [0.15, 0.2) is 5.17 Å². The maximum absolute atomic E-state index is 13.5. The van der Waals surface area contributed by atoms with E-state index in [1.54, 1.807) is 31.5 Å². The molecule has 0 saturated carbocycles. The second-order valence-electron chi connectivity index (χ2n) is 8.80. The maximum atomic E-state index is 13.5. The van der Waals surface area contributed by atoms with Crippen LogP contribution in [0.4, 0.5) is 13.2 Å².